The van der Waals surface area contributed by atoms with E-state index in [1.54, 1.807) is 18.3 Å². The van der Waals surface area contributed by atoms with Crippen molar-refractivity contribution in [1.29, 1.82) is 0 Å². The van der Waals surface area contributed by atoms with E-state index in [-0.39, 0.29) is 24.2 Å². The molecule has 1 aromatic heterocycles. The Labute approximate surface area is 135 Å². The van der Waals surface area contributed by atoms with Crippen LogP contribution in [0.2, 0.25) is 0 Å². The minimum Gasteiger partial charge on any atom is -0.343 e. The third kappa shape index (κ3) is 5.36. The molecule has 1 saturated heterocycles. The Kier molecular flexibility index (Phi) is 6.08. The van der Waals surface area contributed by atoms with E-state index < -0.39 is 5.91 Å². The average molecular weight is 318 g/mol. The molecule has 1 unspecified atom stereocenters. The van der Waals surface area contributed by atoms with Crippen molar-refractivity contribution < 1.29 is 14.4 Å². The number of aromatic nitrogens is 1. The van der Waals surface area contributed by atoms with Crippen LogP contribution in [0.5, 0.6) is 0 Å². The van der Waals surface area contributed by atoms with Gasteiger partial charge in [-0.1, -0.05) is 6.92 Å². The van der Waals surface area contributed by atoms with Crippen LogP contribution in [0.25, 0.3) is 0 Å². The highest BCUT2D eigenvalue weighted by atomic mass is 16.2. The quantitative estimate of drug-likeness (QED) is 0.789. The molecule has 1 fully saturated rings. The zero-order valence-electron chi connectivity index (χ0n) is 13.2. The normalized spacial score (nSPS) is 15.1. The average Bonchev–Trinajstić information content (AvgIpc) is 3.08. The zero-order valence-corrected chi connectivity index (χ0v) is 13.2. The Bertz CT molecular complexity index is 556. The van der Waals surface area contributed by atoms with Gasteiger partial charge in [0.2, 0.25) is 11.8 Å². The second-order valence-electron chi connectivity index (χ2n) is 5.85. The van der Waals surface area contributed by atoms with Gasteiger partial charge in [-0.2, -0.15) is 0 Å². The summed E-state index contributed by atoms with van der Waals surface area (Å²) < 4.78 is 0. The molecule has 124 valence electrons. The van der Waals surface area contributed by atoms with Crippen molar-refractivity contribution in [3.8, 4) is 0 Å². The van der Waals surface area contributed by atoms with Crippen molar-refractivity contribution in [2.75, 3.05) is 13.1 Å². The summed E-state index contributed by atoms with van der Waals surface area (Å²) in [5, 5.41) is 0. The minimum atomic E-state index is -0.424. The number of hydrogen-bond donors (Lipinski definition) is 2. The third-order valence-corrected chi connectivity index (χ3v) is 3.75. The van der Waals surface area contributed by atoms with Crippen molar-refractivity contribution in [2.24, 2.45) is 5.92 Å². The molecular formula is C16H22N4O3. The van der Waals surface area contributed by atoms with Crippen LogP contribution >= 0.6 is 0 Å². The lowest BCUT2D eigenvalue weighted by Crippen LogP contribution is -2.42. The van der Waals surface area contributed by atoms with Crippen LogP contribution in [0.4, 0.5) is 0 Å². The Hall–Kier alpha value is -2.44. The number of likely N-dealkylation sites (tertiary alicyclic amines) is 1. The molecule has 1 aromatic rings. The van der Waals surface area contributed by atoms with Gasteiger partial charge in [0.25, 0.3) is 5.91 Å². The minimum absolute atomic E-state index is 0.0709. The molecule has 0 bridgehead atoms. The number of rotatable bonds is 5. The number of hydrogen-bond acceptors (Lipinski definition) is 4. The number of nitrogens with one attached hydrogen (secondary N) is 2. The first-order valence-corrected chi connectivity index (χ1v) is 7.83. The van der Waals surface area contributed by atoms with Gasteiger partial charge in [-0.3, -0.25) is 30.2 Å². The molecule has 1 aliphatic heterocycles. The molecule has 0 radical (unpaired) electrons. The predicted molar refractivity (Wildman–Crippen MR) is 84.1 cm³/mol. The fraction of sp³-hybridized carbons (Fsp3) is 0.500. The van der Waals surface area contributed by atoms with Gasteiger partial charge >= 0.3 is 0 Å². The fourth-order valence-corrected chi connectivity index (χ4v) is 2.53. The number of carbonyl (C=O) groups excluding carboxylic acids is 3. The topological polar surface area (TPSA) is 91.4 Å². The molecule has 1 aliphatic rings. The van der Waals surface area contributed by atoms with Gasteiger partial charge in [-0.15, -0.1) is 0 Å². The highest BCUT2D eigenvalue weighted by molar-refractivity contribution is 5.95. The van der Waals surface area contributed by atoms with E-state index in [1.807, 2.05) is 11.8 Å². The highest BCUT2D eigenvalue weighted by Gasteiger charge is 2.21. The van der Waals surface area contributed by atoms with Crippen LogP contribution in [0.1, 0.15) is 43.0 Å². The molecule has 0 aromatic carbocycles. The summed E-state index contributed by atoms with van der Waals surface area (Å²) in [6.45, 7) is 3.49. The van der Waals surface area contributed by atoms with Gasteiger partial charge in [0.1, 0.15) is 0 Å². The molecule has 0 aliphatic carbocycles. The molecule has 2 rings (SSSR count). The summed E-state index contributed by atoms with van der Waals surface area (Å²) >= 11 is 0. The van der Waals surface area contributed by atoms with Crippen molar-refractivity contribution in [1.82, 2.24) is 20.7 Å². The molecule has 23 heavy (non-hydrogen) atoms. The standard InChI is InChI=1S/C16H22N4O3/c1-12(10-15(22)20-7-2-3-8-20)9-14(21)18-19-16(23)13-5-4-6-17-11-13/h4-6,11-12H,2-3,7-10H2,1H3,(H,18,21)(H,19,23). The van der Waals surface area contributed by atoms with Gasteiger partial charge in [-0.05, 0) is 30.9 Å². The summed E-state index contributed by atoms with van der Waals surface area (Å²) in [7, 11) is 0. The molecule has 2 heterocycles. The van der Waals surface area contributed by atoms with E-state index in [0.717, 1.165) is 25.9 Å². The number of carbonyl (C=O) groups is 3. The van der Waals surface area contributed by atoms with Gasteiger partial charge in [0.15, 0.2) is 0 Å². The van der Waals surface area contributed by atoms with E-state index in [4.69, 9.17) is 0 Å². The van der Waals surface area contributed by atoms with E-state index in [2.05, 4.69) is 15.8 Å². The first kappa shape index (κ1) is 16.9. The lowest BCUT2D eigenvalue weighted by molar-refractivity contribution is -0.131. The molecule has 7 heteroatoms. The molecule has 0 spiro atoms. The third-order valence-electron chi connectivity index (χ3n) is 3.75. The van der Waals surface area contributed by atoms with Gasteiger partial charge < -0.3 is 4.90 Å². The first-order valence-electron chi connectivity index (χ1n) is 7.83. The maximum atomic E-state index is 12.0. The Morgan fingerprint density at radius 2 is 1.96 bits per heavy atom. The van der Waals surface area contributed by atoms with Crippen molar-refractivity contribution in [3.05, 3.63) is 30.1 Å². The summed E-state index contributed by atoms with van der Waals surface area (Å²) in [6.07, 6.45) is 5.63. The number of amides is 3. The van der Waals surface area contributed by atoms with Crippen LogP contribution in [0, 0.1) is 5.92 Å². The second-order valence-corrected chi connectivity index (χ2v) is 5.85. The Morgan fingerprint density at radius 3 is 2.61 bits per heavy atom. The van der Waals surface area contributed by atoms with Crippen LogP contribution in [0.3, 0.4) is 0 Å². The van der Waals surface area contributed by atoms with Crippen LogP contribution < -0.4 is 10.9 Å². The molecule has 0 saturated carbocycles. The lowest BCUT2D eigenvalue weighted by Gasteiger charge is -2.18. The molecule has 1 atom stereocenters. The van der Waals surface area contributed by atoms with Gasteiger partial charge in [-0.25, -0.2) is 0 Å². The predicted octanol–water partition coefficient (Wildman–Crippen LogP) is 0.881. The van der Waals surface area contributed by atoms with E-state index in [1.165, 1.54) is 6.20 Å². The maximum absolute atomic E-state index is 12.0. The monoisotopic (exact) mass is 318 g/mol. The van der Waals surface area contributed by atoms with Crippen molar-refractivity contribution in [2.45, 2.75) is 32.6 Å². The molecule has 2 N–H and O–H groups in total. The van der Waals surface area contributed by atoms with Crippen LogP contribution in [-0.4, -0.2) is 40.7 Å². The Balaban J connectivity index is 1.69. The van der Waals surface area contributed by atoms with E-state index in [9.17, 15) is 14.4 Å². The SMILES string of the molecule is CC(CC(=O)NNC(=O)c1cccnc1)CC(=O)N1CCCC1. The molecule has 7 nitrogen and oxygen atoms in total. The smallest absolute Gasteiger partial charge is 0.271 e. The Morgan fingerprint density at radius 1 is 1.22 bits per heavy atom. The fourth-order valence-electron chi connectivity index (χ4n) is 2.53. The van der Waals surface area contributed by atoms with Crippen LogP contribution in [0.15, 0.2) is 24.5 Å². The first-order chi connectivity index (χ1) is 11.1. The van der Waals surface area contributed by atoms with Gasteiger partial charge in [0.05, 0.1) is 5.56 Å². The molecular weight excluding hydrogens is 296 g/mol. The largest absolute Gasteiger partial charge is 0.343 e. The summed E-state index contributed by atoms with van der Waals surface area (Å²) in [6, 6.07) is 3.24. The zero-order chi connectivity index (χ0) is 16.7. The second kappa shape index (κ2) is 8.26. The summed E-state index contributed by atoms with van der Waals surface area (Å²) in [4.78, 5) is 41.3. The number of pyridine rings is 1. The summed E-state index contributed by atoms with van der Waals surface area (Å²) in [5.41, 5.74) is 5.07. The summed E-state index contributed by atoms with van der Waals surface area (Å²) in [5.74, 6) is -0.711. The van der Waals surface area contributed by atoms with E-state index >= 15 is 0 Å². The van der Waals surface area contributed by atoms with Crippen molar-refractivity contribution in [3.63, 3.8) is 0 Å². The number of hydrazine groups is 1. The van der Waals surface area contributed by atoms with Gasteiger partial charge in [0, 0.05) is 38.3 Å². The highest BCUT2D eigenvalue weighted by Crippen LogP contribution is 2.14. The van der Waals surface area contributed by atoms with E-state index in [0.29, 0.717) is 12.0 Å². The van der Waals surface area contributed by atoms with Crippen molar-refractivity contribution >= 4 is 17.7 Å². The lowest BCUT2D eigenvalue weighted by atomic mass is 10.0. The molecule has 3 amide bonds. The maximum Gasteiger partial charge on any atom is 0.271 e. The number of nitrogens with zero attached hydrogens (tertiary/aromatic N) is 2. The van der Waals surface area contributed by atoms with Crippen LogP contribution in [-0.2, 0) is 9.59 Å².